The molecule has 1 aromatic heterocycles. The first-order valence-corrected chi connectivity index (χ1v) is 9.63. The molecule has 2 amide bonds. The van der Waals surface area contributed by atoms with Gasteiger partial charge in [0.2, 0.25) is 0 Å². The Hall–Kier alpha value is -4.55. The Kier molecular flexibility index (Phi) is 5.37. The molecule has 156 valence electrons. The summed E-state index contributed by atoms with van der Waals surface area (Å²) in [4.78, 5) is 37.8. The first-order valence-electron chi connectivity index (χ1n) is 9.22. The zero-order chi connectivity index (χ0) is 22.8. The minimum absolute atomic E-state index is 0.0291. The summed E-state index contributed by atoms with van der Waals surface area (Å²) in [5.41, 5.74) is 1.19. The lowest BCUT2D eigenvalue weighted by atomic mass is 10.1. The Morgan fingerprint density at radius 2 is 1.88 bits per heavy atom. The number of benzene rings is 2. The maximum absolute atomic E-state index is 13.1. The van der Waals surface area contributed by atoms with Crippen molar-refractivity contribution in [3.05, 3.63) is 83.1 Å². The molecular weight excluding hydrogens is 430 g/mol. The van der Waals surface area contributed by atoms with Crippen molar-refractivity contribution in [2.45, 2.75) is 0 Å². The number of nitrogens with zero attached hydrogens (tertiary/aromatic N) is 2. The molecule has 8 nitrogen and oxygen atoms in total. The fourth-order valence-electron chi connectivity index (χ4n) is 3.11. The molecule has 32 heavy (non-hydrogen) atoms. The van der Waals surface area contributed by atoms with E-state index < -0.39 is 17.8 Å². The van der Waals surface area contributed by atoms with E-state index in [0.717, 1.165) is 10.5 Å². The zero-order valence-electron chi connectivity index (χ0n) is 16.2. The normalized spacial score (nSPS) is 14.9. The number of anilines is 1. The highest BCUT2D eigenvalue weighted by Gasteiger charge is 2.35. The van der Waals surface area contributed by atoms with Crippen molar-refractivity contribution in [1.82, 2.24) is 5.32 Å². The first kappa shape index (κ1) is 20.7. The highest BCUT2D eigenvalue weighted by atomic mass is 32.1. The number of furan rings is 1. The number of nitrogens with one attached hydrogen (secondary N) is 1. The molecule has 1 aliphatic rings. The van der Waals surface area contributed by atoms with Crippen molar-refractivity contribution in [2.24, 2.45) is 0 Å². The van der Waals surface area contributed by atoms with E-state index in [1.165, 1.54) is 30.3 Å². The standard InChI is InChI=1S/C23H13N3O5S/c24-12-13-4-6-14(7-5-13)19-9-8-17(31-19)11-18-20(27)25-23(32)26(21(18)28)16-3-1-2-15(10-16)22(29)30/h1-11H,(H,29,30)(H,25,27,32). The SMILES string of the molecule is N#Cc1ccc(-c2ccc(C=C3C(=O)NC(=S)N(c4cccc(C(=O)O)c4)C3=O)o2)cc1. The Morgan fingerprint density at radius 3 is 2.56 bits per heavy atom. The van der Waals surface area contributed by atoms with Crippen LogP contribution >= 0.6 is 12.2 Å². The number of aromatic carboxylic acids is 1. The van der Waals surface area contributed by atoms with Gasteiger partial charge in [-0.2, -0.15) is 5.26 Å². The zero-order valence-corrected chi connectivity index (χ0v) is 17.1. The second-order valence-electron chi connectivity index (χ2n) is 6.70. The topological polar surface area (TPSA) is 124 Å². The molecule has 0 aliphatic carbocycles. The number of carbonyl (C=O) groups is 3. The van der Waals surface area contributed by atoms with E-state index in [1.807, 2.05) is 6.07 Å². The van der Waals surface area contributed by atoms with Gasteiger partial charge in [0.25, 0.3) is 11.8 Å². The summed E-state index contributed by atoms with van der Waals surface area (Å²) in [5, 5.41) is 20.4. The van der Waals surface area contributed by atoms with Gasteiger partial charge >= 0.3 is 5.97 Å². The van der Waals surface area contributed by atoms with Crippen molar-refractivity contribution in [2.75, 3.05) is 4.90 Å². The summed E-state index contributed by atoms with van der Waals surface area (Å²) in [5.74, 6) is -1.81. The molecule has 0 atom stereocenters. The lowest BCUT2D eigenvalue weighted by molar-refractivity contribution is -0.122. The minimum atomic E-state index is -1.16. The van der Waals surface area contributed by atoms with Gasteiger partial charge < -0.3 is 9.52 Å². The molecule has 0 bridgehead atoms. The third-order valence-corrected chi connectivity index (χ3v) is 4.95. The van der Waals surface area contributed by atoms with Crippen molar-refractivity contribution in [3.63, 3.8) is 0 Å². The monoisotopic (exact) mass is 443 g/mol. The molecule has 0 unspecified atom stereocenters. The van der Waals surface area contributed by atoms with E-state index in [0.29, 0.717) is 11.3 Å². The number of carbonyl (C=O) groups excluding carboxylic acids is 2. The minimum Gasteiger partial charge on any atom is -0.478 e. The van der Waals surface area contributed by atoms with Gasteiger partial charge in [0.1, 0.15) is 17.1 Å². The smallest absolute Gasteiger partial charge is 0.335 e. The van der Waals surface area contributed by atoms with Crippen LogP contribution in [0.2, 0.25) is 0 Å². The van der Waals surface area contributed by atoms with Gasteiger partial charge in [-0.05, 0) is 72.9 Å². The number of carboxylic acid groups (broad SMARTS) is 1. The average molecular weight is 443 g/mol. The molecule has 0 radical (unpaired) electrons. The summed E-state index contributed by atoms with van der Waals surface area (Å²) in [7, 11) is 0. The van der Waals surface area contributed by atoms with Gasteiger partial charge in [0, 0.05) is 5.56 Å². The van der Waals surface area contributed by atoms with Crippen LogP contribution < -0.4 is 10.2 Å². The summed E-state index contributed by atoms with van der Waals surface area (Å²) in [6.07, 6.45) is 1.29. The van der Waals surface area contributed by atoms with Crippen LogP contribution in [0.1, 0.15) is 21.7 Å². The molecule has 2 N–H and O–H groups in total. The largest absolute Gasteiger partial charge is 0.478 e. The molecule has 2 heterocycles. The third-order valence-electron chi connectivity index (χ3n) is 4.66. The maximum atomic E-state index is 13.1. The molecule has 1 aliphatic heterocycles. The Labute approximate surface area is 187 Å². The van der Waals surface area contributed by atoms with Crippen LogP contribution in [-0.2, 0) is 9.59 Å². The Morgan fingerprint density at radius 1 is 1.12 bits per heavy atom. The van der Waals surface area contributed by atoms with Gasteiger partial charge in [-0.1, -0.05) is 6.07 Å². The van der Waals surface area contributed by atoms with Crippen LogP contribution in [0.3, 0.4) is 0 Å². The average Bonchev–Trinajstić information content (AvgIpc) is 3.25. The Balaban J connectivity index is 1.66. The van der Waals surface area contributed by atoms with Crippen molar-refractivity contribution >= 4 is 46.9 Å². The number of thiocarbonyl (C=S) groups is 1. The van der Waals surface area contributed by atoms with Crippen molar-refractivity contribution in [1.29, 1.82) is 5.26 Å². The number of hydrogen-bond donors (Lipinski definition) is 2. The van der Waals surface area contributed by atoms with E-state index >= 15 is 0 Å². The quantitative estimate of drug-likeness (QED) is 0.360. The number of nitriles is 1. The van der Waals surface area contributed by atoms with E-state index in [4.69, 9.17) is 21.9 Å². The lowest BCUT2D eigenvalue weighted by Gasteiger charge is -2.28. The number of rotatable bonds is 4. The second-order valence-corrected chi connectivity index (χ2v) is 7.09. The van der Waals surface area contributed by atoms with E-state index in [1.54, 1.807) is 36.4 Å². The summed E-state index contributed by atoms with van der Waals surface area (Å²) >= 11 is 5.13. The predicted octanol–water partition coefficient (Wildman–Crippen LogP) is 3.35. The molecule has 1 fully saturated rings. The van der Waals surface area contributed by atoms with E-state index in [9.17, 15) is 19.5 Å². The van der Waals surface area contributed by atoms with Gasteiger partial charge in [0.15, 0.2) is 5.11 Å². The molecule has 3 aromatic rings. The fourth-order valence-corrected chi connectivity index (χ4v) is 3.39. The fraction of sp³-hybridized carbons (Fsp3) is 0. The Bertz CT molecular complexity index is 1350. The molecule has 4 rings (SSSR count). The van der Waals surface area contributed by atoms with Crippen LogP contribution in [0.4, 0.5) is 5.69 Å². The van der Waals surface area contributed by atoms with E-state index in [-0.39, 0.29) is 27.7 Å². The predicted molar refractivity (Wildman–Crippen MR) is 118 cm³/mol. The number of carboxylic acids is 1. The molecule has 1 saturated heterocycles. The summed E-state index contributed by atoms with van der Waals surface area (Å²) < 4.78 is 5.74. The van der Waals surface area contributed by atoms with Crippen LogP contribution in [0.25, 0.3) is 17.4 Å². The molecule has 9 heteroatoms. The lowest BCUT2D eigenvalue weighted by Crippen LogP contribution is -2.54. The number of hydrogen-bond acceptors (Lipinski definition) is 6. The molecule has 0 saturated carbocycles. The van der Waals surface area contributed by atoms with Gasteiger partial charge in [-0.15, -0.1) is 0 Å². The van der Waals surface area contributed by atoms with Crippen LogP contribution in [0, 0.1) is 11.3 Å². The number of amides is 2. The third kappa shape index (κ3) is 3.90. The molecular formula is C23H13N3O5S. The van der Waals surface area contributed by atoms with Gasteiger partial charge in [0.05, 0.1) is 22.9 Å². The highest BCUT2D eigenvalue weighted by molar-refractivity contribution is 7.80. The molecule has 2 aromatic carbocycles. The summed E-state index contributed by atoms with van der Waals surface area (Å²) in [6, 6.07) is 17.7. The molecule has 0 spiro atoms. The van der Waals surface area contributed by atoms with E-state index in [2.05, 4.69) is 5.32 Å². The van der Waals surface area contributed by atoms with Gasteiger partial charge in [-0.3, -0.25) is 19.8 Å². The first-order chi connectivity index (χ1) is 15.4. The second kappa shape index (κ2) is 8.29. The van der Waals surface area contributed by atoms with Crippen LogP contribution in [0.15, 0.2) is 70.7 Å². The maximum Gasteiger partial charge on any atom is 0.335 e. The van der Waals surface area contributed by atoms with Gasteiger partial charge in [-0.25, -0.2) is 4.79 Å². The van der Waals surface area contributed by atoms with Crippen LogP contribution in [0.5, 0.6) is 0 Å². The highest BCUT2D eigenvalue weighted by Crippen LogP contribution is 2.26. The van der Waals surface area contributed by atoms with Crippen LogP contribution in [-0.4, -0.2) is 28.0 Å². The van der Waals surface area contributed by atoms with Crippen molar-refractivity contribution in [3.8, 4) is 17.4 Å². The van der Waals surface area contributed by atoms with Crippen molar-refractivity contribution < 1.29 is 23.9 Å². The summed E-state index contributed by atoms with van der Waals surface area (Å²) in [6.45, 7) is 0.